The number of hydrogen-bond acceptors (Lipinski definition) is 3. The van der Waals surface area contributed by atoms with Gasteiger partial charge in [0.1, 0.15) is 11.5 Å². The van der Waals surface area contributed by atoms with E-state index < -0.39 is 0 Å². The van der Waals surface area contributed by atoms with Gasteiger partial charge < -0.3 is 14.6 Å². The number of rotatable bonds is 2. The van der Waals surface area contributed by atoms with Crippen molar-refractivity contribution >= 4 is 0 Å². The fraction of sp³-hybridized carbons (Fsp3) is 0.571. The van der Waals surface area contributed by atoms with Gasteiger partial charge in [0.2, 0.25) is 0 Å². The van der Waals surface area contributed by atoms with Gasteiger partial charge in [0.05, 0.1) is 6.61 Å². The summed E-state index contributed by atoms with van der Waals surface area (Å²) >= 11 is 0. The molecule has 1 N–H and O–H groups in total. The lowest BCUT2D eigenvalue weighted by atomic mass is 10.0. The van der Waals surface area contributed by atoms with Crippen LogP contribution in [0.1, 0.15) is 36.0 Å². The summed E-state index contributed by atoms with van der Waals surface area (Å²) < 4.78 is 11.4. The van der Waals surface area contributed by atoms with Crippen molar-refractivity contribution in [2.75, 3.05) is 6.61 Å². The molecule has 94 valence electrons. The summed E-state index contributed by atoms with van der Waals surface area (Å²) in [4.78, 5) is 0. The second-order valence-corrected chi connectivity index (χ2v) is 4.70. The van der Waals surface area contributed by atoms with Gasteiger partial charge in [-0.25, -0.2) is 0 Å². The largest absolute Gasteiger partial charge is 0.507 e. The topological polar surface area (TPSA) is 38.7 Å². The Labute approximate surface area is 102 Å². The number of aromatic hydroxyl groups is 1. The third-order valence-electron chi connectivity index (χ3n) is 3.40. The summed E-state index contributed by atoms with van der Waals surface area (Å²) in [5, 5.41) is 9.83. The first-order chi connectivity index (χ1) is 8.09. The molecular weight excluding hydrogens is 216 g/mol. The maximum Gasteiger partial charge on any atom is 0.199 e. The highest BCUT2D eigenvalue weighted by molar-refractivity contribution is 5.51. The van der Waals surface area contributed by atoms with E-state index in [2.05, 4.69) is 0 Å². The molecule has 1 aromatic rings. The lowest BCUT2D eigenvalue weighted by Gasteiger charge is -2.25. The third-order valence-corrected chi connectivity index (χ3v) is 3.40. The summed E-state index contributed by atoms with van der Waals surface area (Å²) in [6.07, 6.45) is 3.08. The van der Waals surface area contributed by atoms with E-state index in [0.29, 0.717) is 5.75 Å². The molecule has 1 heterocycles. The van der Waals surface area contributed by atoms with Gasteiger partial charge in [-0.05, 0) is 56.4 Å². The molecule has 0 spiro atoms. The molecule has 1 saturated heterocycles. The number of benzene rings is 1. The summed E-state index contributed by atoms with van der Waals surface area (Å²) in [7, 11) is 0. The zero-order chi connectivity index (χ0) is 12.4. The first kappa shape index (κ1) is 12.2. The van der Waals surface area contributed by atoms with Crippen LogP contribution in [0.15, 0.2) is 6.07 Å². The van der Waals surface area contributed by atoms with Gasteiger partial charge in [0, 0.05) is 6.42 Å². The maximum atomic E-state index is 9.83. The van der Waals surface area contributed by atoms with Gasteiger partial charge in [-0.3, -0.25) is 0 Å². The summed E-state index contributed by atoms with van der Waals surface area (Å²) in [6, 6.07) is 1.88. The second-order valence-electron chi connectivity index (χ2n) is 4.70. The Balaban J connectivity index is 2.20. The standard InChI is InChI=1S/C14H20O3/c1-9-8-12(10(2)11(3)14(9)15)17-13-6-4-5-7-16-13/h8,13,15H,4-7H2,1-3H3. The minimum absolute atomic E-state index is 0.134. The van der Waals surface area contributed by atoms with E-state index in [0.717, 1.165) is 48.3 Å². The highest BCUT2D eigenvalue weighted by Crippen LogP contribution is 2.33. The molecule has 2 rings (SSSR count). The average Bonchev–Trinajstić information content (AvgIpc) is 2.35. The Morgan fingerprint density at radius 1 is 1.24 bits per heavy atom. The van der Waals surface area contributed by atoms with Crippen molar-refractivity contribution < 1.29 is 14.6 Å². The van der Waals surface area contributed by atoms with E-state index in [1.54, 1.807) is 0 Å². The normalized spacial score (nSPS) is 20.3. The average molecular weight is 236 g/mol. The molecule has 3 heteroatoms. The summed E-state index contributed by atoms with van der Waals surface area (Å²) in [5.74, 6) is 1.18. The van der Waals surface area contributed by atoms with Gasteiger partial charge in [0.15, 0.2) is 6.29 Å². The van der Waals surface area contributed by atoms with E-state index in [1.165, 1.54) is 0 Å². The number of phenols is 1. The predicted molar refractivity (Wildman–Crippen MR) is 66.5 cm³/mol. The van der Waals surface area contributed by atoms with E-state index in [-0.39, 0.29) is 6.29 Å². The summed E-state index contributed by atoms with van der Waals surface area (Å²) in [5.41, 5.74) is 2.72. The fourth-order valence-corrected chi connectivity index (χ4v) is 2.10. The third kappa shape index (κ3) is 2.55. The van der Waals surface area contributed by atoms with Crippen molar-refractivity contribution in [2.24, 2.45) is 0 Å². The van der Waals surface area contributed by atoms with Crippen LogP contribution in [0, 0.1) is 20.8 Å². The van der Waals surface area contributed by atoms with E-state index in [9.17, 15) is 5.11 Å². The molecule has 0 bridgehead atoms. The van der Waals surface area contributed by atoms with E-state index in [1.807, 2.05) is 26.8 Å². The second kappa shape index (κ2) is 4.96. The van der Waals surface area contributed by atoms with Crippen LogP contribution < -0.4 is 4.74 Å². The van der Waals surface area contributed by atoms with Crippen molar-refractivity contribution in [3.63, 3.8) is 0 Å². The fourth-order valence-electron chi connectivity index (χ4n) is 2.10. The first-order valence-corrected chi connectivity index (χ1v) is 6.17. The van der Waals surface area contributed by atoms with Gasteiger partial charge in [-0.1, -0.05) is 0 Å². The molecule has 0 radical (unpaired) electrons. The van der Waals surface area contributed by atoms with Crippen molar-refractivity contribution in [3.05, 3.63) is 22.8 Å². The Kier molecular flexibility index (Phi) is 3.57. The van der Waals surface area contributed by atoms with Crippen molar-refractivity contribution in [1.82, 2.24) is 0 Å². The van der Waals surface area contributed by atoms with Crippen LogP contribution in [-0.2, 0) is 4.74 Å². The Morgan fingerprint density at radius 3 is 2.65 bits per heavy atom. The quantitative estimate of drug-likeness (QED) is 0.856. The number of ether oxygens (including phenoxy) is 2. The summed E-state index contributed by atoms with van der Waals surface area (Å²) in [6.45, 7) is 6.54. The molecule has 0 amide bonds. The van der Waals surface area contributed by atoms with Gasteiger partial charge in [-0.2, -0.15) is 0 Å². The molecule has 1 unspecified atom stereocenters. The smallest absolute Gasteiger partial charge is 0.199 e. The zero-order valence-electron chi connectivity index (χ0n) is 10.7. The van der Waals surface area contributed by atoms with Gasteiger partial charge >= 0.3 is 0 Å². The first-order valence-electron chi connectivity index (χ1n) is 6.17. The molecule has 1 fully saturated rings. The van der Waals surface area contributed by atoms with Gasteiger partial charge in [-0.15, -0.1) is 0 Å². The lowest BCUT2D eigenvalue weighted by Crippen LogP contribution is -2.25. The monoisotopic (exact) mass is 236 g/mol. The SMILES string of the molecule is Cc1cc(OC2CCCCO2)c(C)c(C)c1O. The molecule has 17 heavy (non-hydrogen) atoms. The Bertz CT molecular complexity index is 406. The highest BCUT2D eigenvalue weighted by atomic mass is 16.7. The van der Waals surface area contributed by atoms with E-state index in [4.69, 9.17) is 9.47 Å². The molecule has 1 aliphatic heterocycles. The van der Waals surface area contributed by atoms with Crippen LogP contribution in [0.5, 0.6) is 11.5 Å². The van der Waals surface area contributed by atoms with Crippen molar-refractivity contribution in [1.29, 1.82) is 0 Å². The van der Waals surface area contributed by atoms with Crippen LogP contribution in [0.2, 0.25) is 0 Å². The minimum atomic E-state index is -0.134. The van der Waals surface area contributed by atoms with Gasteiger partial charge in [0.25, 0.3) is 0 Å². The number of aryl methyl sites for hydroxylation is 1. The zero-order valence-corrected chi connectivity index (χ0v) is 10.7. The molecule has 1 aliphatic rings. The molecule has 0 aliphatic carbocycles. The Morgan fingerprint density at radius 2 is 2.00 bits per heavy atom. The predicted octanol–water partition coefficient (Wildman–Crippen LogP) is 3.22. The lowest BCUT2D eigenvalue weighted by molar-refractivity contribution is -0.106. The van der Waals surface area contributed by atoms with Crippen LogP contribution in [0.25, 0.3) is 0 Å². The molecule has 1 aromatic carbocycles. The van der Waals surface area contributed by atoms with Crippen LogP contribution >= 0.6 is 0 Å². The van der Waals surface area contributed by atoms with Crippen molar-refractivity contribution in [2.45, 2.75) is 46.3 Å². The maximum absolute atomic E-state index is 9.83. The van der Waals surface area contributed by atoms with Crippen molar-refractivity contribution in [3.8, 4) is 11.5 Å². The molecule has 3 nitrogen and oxygen atoms in total. The Hall–Kier alpha value is -1.22. The van der Waals surface area contributed by atoms with Crippen LogP contribution in [0.4, 0.5) is 0 Å². The molecule has 0 saturated carbocycles. The molecular formula is C14H20O3. The molecule has 0 aromatic heterocycles. The van der Waals surface area contributed by atoms with E-state index >= 15 is 0 Å². The molecule has 1 atom stereocenters. The van der Waals surface area contributed by atoms with Crippen LogP contribution in [-0.4, -0.2) is 18.0 Å². The number of phenolic OH excluding ortho intramolecular Hbond substituents is 1. The highest BCUT2D eigenvalue weighted by Gasteiger charge is 2.18. The number of hydrogen-bond donors (Lipinski definition) is 1. The minimum Gasteiger partial charge on any atom is -0.507 e. The van der Waals surface area contributed by atoms with Crippen LogP contribution in [0.3, 0.4) is 0 Å².